The predicted molar refractivity (Wildman–Crippen MR) is 77.1 cm³/mol. The molecular weight excluding hydrogens is 240 g/mol. The highest BCUT2D eigenvalue weighted by atomic mass is 16.2. The summed E-state index contributed by atoms with van der Waals surface area (Å²) in [4.78, 5) is 16.9. The molecular formula is C14H24N4O. The molecule has 5 heteroatoms. The number of nitrogen functional groups attached to an aromatic ring is 1. The topological polar surface area (TPSA) is 54.5 Å². The Morgan fingerprint density at radius 1 is 1.47 bits per heavy atom. The Bertz CT molecular complexity index is 454. The highest BCUT2D eigenvalue weighted by Gasteiger charge is 2.28. The van der Waals surface area contributed by atoms with E-state index in [0.717, 1.165) is 38.3 Å². The van der Waals surface area contributed by atoms with E-state index in [1.165, 1.54) is 0 Å². The number of anilines is 1. The van der Waals surface area contributed by atoms with Crippen LogP contribution >= 0.6 is 0 Å². The van der Waals surface area contributed by atoms with Gasteiger partial charge in [0, 0.05) is 38.4 Å². The summed E-state index contributed by atoms with van der Waals surface area (Å²) in [6.07, 6.45) is 2.85. The molecule has 0 saturated carbocycles. The summed E-state index contributed by atoms with van der Waals surface area (Å²) >= 11 is 0. The fourth-order valence-electron chi connectivity index (χ4n) is 2.73. The Morgan fingerprint density at radius 2 is 2.21 bits per heavy atom. The minimum Gasteiger partial charge on any atom is -0.397 e. The lowest BCUT2D eigenvalue weighted by Crippen LogP contribution is -2.53. The second kappa shape index (κ2) is 5.65. The van der Waals surface area contributed by atoms with E-state index in [-0.39, 0.29) is 11.9 Å². The maximum Gasteiger partial charge on any atom is 0.270 e. The predicted octanol–water partition coefficient (Wildman–Crippen LogP) is 1.26. The standard InChI is InChI=1S/C14H24N4O/c1-4-5-17-10-12(15)8-13(17)14(19)18-7-6-16(3)9-11(18)2/h8,10-11H,4-7,9,15H2,1-3H3. The lowest BCUT2D eigenvalue weighted by molar-refractivity contribution is 0.0523. The van der Waals surface area contributed by atoms with E-state index in [1.807, 2.05) is 15.7 Å². The van der Waals surface area contributed by atoms with Gasteiger partial charge in [0.2, 0.25) is 0 Å². The summed E-state index contributed by atoms with van der Waals surface area (Å²) in [6, 6.07) is 2.04. The van der Waals surface area contributed by atoms with Gasteiger partial charge < -0.3 is 20.1 Å². The number of aromatic nitrogens is 1. The van der Waals surface area contributed by atoms with Crippen molar-refractivity contribution < 1.29 is 4.79 Å². The fourth-order valence-corrected chi connectivity index (χ4v) is 2.73. The number of carbonyl (C=O) groups excluding carboxylic acids is 1. The smallest absolute Gasteiger partial charge is 0.270 e. The lowest BCUT2D eigenvalue weighted by atomic mass is 10.2. The molecule has 2 rings (SSSR count). The van der Waals surface area contributed by atoms with E-state index in [1.54, 1.807) is 6.07 Å². The van der Waals surface area contributed by atoms with Gasteiger partial charge in [0.25, 0.3) is 5.91 Å². The van der Waals surface area contributed by atoms with Crippen LogP contribution in [0.4, 0.5) is 5.69 Å². The molecule has 106 valence electrons. The van der Waals surface area contributed by atoms with Crippen LogP contribution in [-0.2, 0) is 6.54 Å². The van der Waals surface area contributed by atoms with Gasteiger partial charge in [0.1, 0.15) is 5.69 Å². The van der Waals surface area contributed by atoms with Crippen LogP contribution in [-0.4, -0.2) is 53.0 Å². The summed E-state index contributed by atoms with van der Waals surface area (Å²) in [7, 11) is 2.09. The Hall–Kier alpha value is -1.49. The largest absolute Gasteiger partial charge is 0.397 e. The van der Waals surface area contributed by atoms with Gasteiger partial charge in [-0.2, -0.15) is 0 Å². The van der Waals surface area contributed by atoms with E-state index in [0.29, 0.717) is 5.69 Å². The number of carbonyl (C=O) groups is 1. The molecule has 1 atom stereocenters. The number of hydrogen-bond donors (Lipinski definition) is 1. The molecule has 1 aliphatic heterocycles. The van der Waals surface area contributed by atoms with Gasteiger partial charge in [-0.25, -0.2) is 0 Å². The van der Waals surface area contributed by atoms with Crippen molar-refractivity contribution in [3.05, 3.63) is 18.0 Å². The summed E-state index contributed by atoms with van der Waals surface area (Å²) in [5, 5.41) is 0. The number of piperazine rings is 1. The van der Waals surface area contributed by atoms with Crippen LogP contribution in [0, 0.1) is 0 Å². The van der Waals surface area contributed by atoms with Crippen molar-refractivity contribution in [2.24, 2.45) is 0 Å². The molecule has 1 amide bonds. The molecule has 0 aromatic carbocycles. The monoisotopic (exact) mass is 264 g/mol. The number of nitrogens with zero attached hydrogens (tertiary/aromatic N) is 3. The number of hydrogen-bond acceptors (Lipinski definition) is 3. The van der Waals surface area contributed by atoms with Crippen molar-refractivity contribution in [2.75, 3.05) is 32.4 Å². The Labute approximate surface area is 115 Å². The zero-order valence-electron chi connectivity index (χ0n) is 12.1. The average Bonchev–Trinajstić information content (AvgIpc) is 2.70. The molecule has 19 heavy (non-hydrogen) atoms. The number of amides is 1. The van der Waals surface area contributed by atoms with Gasteiger partial charge >= 0.3 is 0 Å². The van der Waals surface area contributed by atoms with Crippen LogP contribution in [0.5, 0.6) is 0 Å². The number of likely N-dealkylation sites (N-methyl/N-ethyl adjacent to an activating group) is 1. The molecule has 1 aromatic rings. The van der Waals surface area contributed by atoms with Crippen molar-refractivity contribution >= 4 is 11.6 Å². The minimum absolute atomic E-state index is 0.103. The zero-order valence-corrected chi connectivity index (χ0v) is 12.1. The third kappa shape index (κ3) is 2.92. The van der Waals surface area contributed by atoms with Gasteiger partial charge in [-0.15, -0.1) is 0 Å². The van der Waals surface area contributed by atoms with Crippen molar-refractivity contribution in [2.45, 2.75) is 32.9 Å². The molecule has 0 bridgehead atoms. The number of aryl methyl sites for hydroxylation is 1. The van der Waals surface area contributed by atoms with Crippen LogP contribution in [0.25, 0.3) is 0 Å². The molecule has 1 unspecified atom stereocenters. The van der Waals surface area contributed by atoms with Gasteiger partial charge in [0.05, 0.1) is 5.69 Å². The average molecular weight is 264 g/mol. The third-order valence-corrected chi connectivity index (χ3v) is 3.69. The Morgan fingerprint density at radius 3 is 2.84 bits per heavy atom. The molecule has 0 aliphatic carbocycles. The maximum absolute atomic E-state index is 12.7. The molecule has 1 aromatic heterocycles. The van der Waals surface area contributed by atoms with Crippen LogP contribution in [0.2, 0.25) is 0 Å². The SMILES string of the molecule is CCCn1cc(N)cc1C(=O)N1CCN(C)CC1C. The second-order valence-electron chi connectivity index (χ2n) is 5.46. The summed E-state index contributed by atoms with van der Waals surface area (Å²) in [5.41, 5.74) is 7.22. The molecule has 1 saturated heterocycles. The zero-order chi connectivity index (χ0) is 14.0. The first-order chi connectivity index (χ1) is 9.02. The quantitative estimate of drug-likeness (QED) is 0.894. The van der Waals surface area contributed by atoms with E-state index in [4.69, 9.17) is 5.73 Å². The van der Waals surface area contributed by atoms with E-state index in [9.17, 15) is 4.79 Å². The van der Waals surface area contributed by atoms with E-state index >= 15 is 0 Å². The van der Waals surface area contributed by atoms with Crippen LogP contribution in [0.1, 0.15) is 30.8 Å². The first-order valence-corrected chi connectivity index (χ1v) is 6.98. The van der Waals surface area contributed by atoms with Crippen LogP contribution in [0.15, 0.2) is 12.3 Å². The number of rotatable bonds is 3. The second-order valence-corrected chi connectivity index (χ2v) is 5.46. The molecule has 1 aliphatic rings. The van der Waals surface area contributed by atoms with Crippen LogP contribution < -0.4 is 5.73 Å². The van der Waals surface area contributed by atoms with Crippen molar-refractivity contribution in [1.29, 1.82) is 0 Å². The Balaban J connectivity index is 2.19. The van der Waals surface area contributed by atoms with Crippen molar-refractivity contribution in [3.63, 3.8) is 0 Å². The first-order valence-electron chi connectivity index (χ1n) is 6.98. The maximum atomic E-state index is 12.7. The van der Waals surface area contributed by atoms with Crippen molar-refractivity contribution in [1.82, 2.24) is 14.4 Å². The van der Waals surface area contributed by atoms with E-state index in [2.05, 4.69) is 25.8 Å². The molecule has 2 heterocycles. The number of nitrogens with two attached hydrogens (primary N) is 1. The molecule has 1 fully saturated rings. The van der Waals surface area contributed by atoms with Gasteiger partial charge in [-0.05, 0) is 26.5 Å². The Kier molecular flexibility index (Phi) is 4.14. The minimum atomic E-state index is 0.103. The summed E-state index contributed by atoms with van der Waals surface area (Å²) in [5.74, 6) is 0.103. The summed E-state index contributed by atoms with van der Waals surface area (Å²) in [6.45, 7) is 7.68. The molecule has 5 nitrogen and oxygen atoms in total. The molecule has 0 spiro atoms. The fraction of sp³-hybridized carbons (Fsp3) is 0.643. The van der Waals surface area contributed by atoms with Crippen molar-refractivity contribution in [3.8, 4) is 0 Å². The highest BCUT2D eigenvalue weighted by Crippen LogP contribution is 2.17. The molecule has 0 radical (unpaired) electrons. The molecule has 2 N–H and O–H groups in total. The third-order valence-electron chi connectivity index (χ3n) is 3.69. The lowest BCUT2D eigenvalue weighted by Gasteiger charge is -2.38. The van der Waals surface area contributed by atoms with Gasteiger partial charge in [0.15, 0.2) is 0 Å². The summed E-state index contributed by atoms with van der Waals surface area (Å²) < 4.78 is 1.97. The normalized spacial score (nSPS) is 20.8. The van der Waals surface area contributed by atoms with Crippen LogP contribution in [0.3, 0.4) is 0 Å². The van der Waals surface area contributed by atoms with E-state index < -0.39 is 0 Å². The highest BCUT2D eigenvalue weighted by molar-refractivity contribution is 5.94. The first kappa shape index (κ1) is 13.9. The van der Waals surface area contributed by atoms with Gasteiger partial charge in [-0.3, -0.25) is 4.79 Å². The van der Waals surface area contributed by atoms with Gasteiger partial charge in [-0.1, -0.05) is 6.92 Å².